The lowest BCUT2D eigenvalue weighted by Gasteiger charge is -2.10. The second kappa shape index (κ2) is 13.3. The summed E-state index contributed by atoms with van der Waals surface area (Å²) >= 11 is 1.75. The highest BCUT2D eigenvalue weighted by molar-refractivity contribution is 7.22. The van der Waals surface area contributed by atoms with E-state index in [1.54, 1.807) is 11.3 Å². The molecule has 284 valence electrons. The van der Waals surface area contributed by atoms with Crippen LogP contribution in [0, 0.1) is 0 Å². The molecule has 0 saturated carbocycles. The largest absolute Gasteiger partial charge is 0.309 e. The normalized spacial score (nSPS) is 11.9. The fourth-order valence-electron chi connectivity index (χ4n) is 9.54. The maximum atomic E-state index is 5.45. The molecular formula is C56H34N4S. The summed E-state index contributed by atoms with van der Waals surface area (Å²) in [5.41, 5.74) is 12.2. The first-order valence-electron chi connectivity index (χ1n) is 20.7. The van der Waals surface area contributed by atoms with E-state index in [1.807, 2.05) is 0 Å². The van der Waals surface area contributed by atoms with Gasteiger partial charge in [0.05, 0.1) is 38.0 Å². The molecule has 9 aromatic carbocycles. The average Bonchev–Trinajstić information content (AvgIpc) is 4.02. The van der Waals surface area contributed by atoms with Gasteiger partial charge in [0.1, 0.15) is 0 Å². The van der Waals surface area contributed by atoms with Gasteiger partial charge in [-0.25, -0.2) is 9.97 Å². The van der Waals surface area contributed by atoms with E-state index in [0.29, 0.717) is 5.95 Å². The number of nitrogens with zero attached hydrogens (tertiary/aromatic N) is 4. The maximum Gasteiger partial charge on any atom is 0.235 e. The van der Waals surface area contributed by atoms with Crippen LogP contribution in [0.15, 0.2) is 206 Å². The lowest BCUT2D eigenvalue weighted by Crippen LogP contribution is -2.02. The van der Waals surface area contributed by atoms with Crippen molar-refractivity contribution in [2.75, 3.05) is 0 Å². The van der Waals surface area contributed by atoms with Gasteiger partial charge in [0.25, 0.3) is 0 Å². The minimum atomic E-state index is 0.661. The molecule has 0 aliphatic carbocycles. The van der Waals surface area contributed by atoms with Crippen molar-refractivity contribution in [2.24, 2.45) is 0 Å². The van der Waals surface area contributed by atoms with E-state index in [9.17, 15) is 0 Å². The lowest BCUT2D eigenvalue weighted by atomic mass is 9.98. The number of aromatic nitrogens is 4. The van der Waals surface area contributed by atoms with Gasteiger partial charge >= 0.3 is 0 Å². The summed E-state index contributed by atoms with van der Waals surface area (Å²) in [6.45, 7) is 0. The molecule has 0 saturated heterocycles. The van der Waals surface area contributed by atoms with Crippen molar-refractivity contribution in [3.8, 4) is 44.5 Å². The third kappa shape index (κ3) is 5.24. The van der Waals surface area contributed by atoms with Gasteiger partial charge in [-0.1, -0.05) is 158 Å². The number of hydrogen-bond acceptors (Lipinski definition) is 3. The van der Waals surface area contributed by atoms with Crippen LogP contribution in [0.25, 0.3) is 120 Å². The molecule has 0 fully saturated rings. The number of hydrogen-bond donors (Lipinski definition) is 0. The molecule has 0 aliphatic heterocycles. The Labute approximate surface area is 354 Å². The molecule has 13 rings (SSSR count). The Balaban J connectivity index is 1.06. The molecule has 0 spiro atoms. The Morgan fingerprint density at radius 1 is 0.377 bits per heavy atom. The van der Waals surface area contributed by atoms with Crippen LogP contribution in [-0.2, 0) is 0 Å². The van der Waals surface area contributed by atoms with E-state index in [0.717, 1.165) is 43.8 Å². The molecule has 0 radical (unpaired) electrons. The predicted molar refractivity (Wildman–Crippen MR) is 257 cm³/mol. The van der Waals surface area contributed by atoms with Crippen LogP contribution < -0.4 is 0 Å². The van der Waals surface area contributed by atoms with Crippen molar-refractivity contribution in [1.82, 2.24) is 19.1 Å². The van der Waals surface area contributed by atoms with E-state index in [-0.39, 0.29) is 0 Å². The molecule has 0 bridgehead atoms. The minimum absolute atomic E-state index is 0.661. The number of fused-ring (bicyclic) bond motifs is 11. The van der Waals surface area contributed by atoms with Crippen LogP contribution in [0.4, 0.5) is 0 Å². The SMILES string of the molecule is c1ccc(-c2cc3nc(-n4c5ccc(-c6ccc7c(c6)c6ccc8ccccc8c6n7-c6ccccc6)cc5c5c6ccccc6ccc54)nc(-c4ccccc4)c3s2)cc1. The van der Waals surface area contributed by atoms with Crippen molar-refractivity contribution < 1.29 is 0 Å². The van der Waals surface area contributed by atoms with Crippen LogP contribution in [-0.4, -0.2) is 19.1 Å². The fraction of sp³-hybridized carbons (Fsp3) is 0. The van der Waals surface area contributed by atoms with Crippen LogP contribution in [0.3, 0.4) is 0 Å². The van der Waals surface area contributed by atoms with Crippen molar-refractivity contribution in [3.05, 3.63) is 206 Å². The van der Waals surface area contributed by atoms with E-state index in [2.05, 4.69) is 215 Å². The van der Waals surface area contributed by atoms with E-state index in [4.69, 9.17) is 9.97 Å². The first kappa shape index (κ1) is 34.0. The monoisotopic (exact) mass is 794 g/mol. The molecule has 13 aromatic rings. The topological polar surface area (TPSA) is 35.6 Å². The van der Waals surface area contributed by atoms with Gasteiger partial charge in [-0.05, 0) is 81.4 Å². The molecule has 5 heteroatoms. The van der Waals surface area contributed by atoms with Gasteiger partial charge < -0.3 is 4.57 Å². The molecular weight excluding hydrogens is 761 g/mol. The summed E-state index contributed by atoms with van der Waals surface area (Å²) < 4.78 is 5.78. The Morgan fingerprint density at radius 2 is 0.967 bits per heavy atom. The Hall–Kier alpha value is -7.86. The highest BCUT2D eigenvalue weighted by Gasteiger charge is 2.22. The Morgan fingerprint density at radius 3 is 1.72 bits per heavy atom. The molecule has 4 nitrogen and oxygen atoms in total. The summed E-state index contributed by atoms with van der Waals surface area (Å²) in [4.78, 5) is 12.0. The molecule has 4 heterocycles. The van der Waals surface area contributed by atoms with Gasteiger partial charge in [-0.15, -0.1) is 11.3 Å². The van der Waals surface area contributed by atoms with Crippen LogP contribution in [0.2, 0.25) is 0 Å². The van der Waals surface area contributed by atoms with Crippen LogP contribution in [0.1, 0.15) is 0 Å². The van der Waals surface area contributed by atoms with Gasteiger partial charge in [0, 0.05) is 43.1 Å². The third-order valence-electron chi connectivity index (χ3n) is 12.3. The summed E-state index contributed by atoms with van der Waals surface area (Å²) in [6.07, 6.45) is 0. The Bertz CT molecular complexity index is 3860. The highest BCUT2D eigenvalue weighted by atomic mass is 32.1. The molecule has 4 aromatic heterocycles. The zero-order chi connectivity index (χ0) is 40.0. The maximum absolute atomic E-state index is 5.45. The zero-order valence-corrected chi connectivity index (χ0v) is 33.6. The van der Waals surface area contributed by atoms with Crippen molar-refractivity contribution in [1.29, 1.82) is 0 Å². The van der Waals surface area contributed by atoms with Gasteiger partial charge in [-0.3, -0.25) is 4.57 Å². The zero-order valence-electron chi connectivity index (χ0n) is 32.8. The molecule has 0 atom stereocenters. The van der Waals surface area contributed by atoms with Crippen LogP contribution in [0.5, 0.6) is 0 Å². The van der Waals surface area contributed by atoms with E-state index < -0.39 is 0 Å². The first-order chi connectivity index (χ1) is 30.2. The number of benzene rings is 9. The molecule has 0 aliphatic rings. The quantitative estimate of drug-likeness (QED) is 0.174. The molecule has 0 unspecified atom stereocenters. The first-order valence-corrected chi connectivity index (χ1v) is 21.5. The second-order valence-electron chi connectivity index (χ2n) is 15.8. The molecule has 0 N–H and O–H groups in total. The highest BCUT2D eigenvalue weighted by Crippen LogP contribution is 2.43. The predicted octanol–water partition coefficient (Wildman–Crippen LogP) is 15.2. The number of thiophene rings is 1. The summed E-state index contributed by atoms with van der Waals surface area (Å²) in [7, 11) is 0. The fourth-order valence-corrected chi connectivity index (χ4v) is 10.7. The van der Waals surface area contributed by atoms with E-state index >= 15 is 0 Å². The number of rotatable bonds is 5. The number of para-hydroxylation sites is 1. The van der Waals surface area contributed by atoms with Crippen molar-refractivity contribution >= 4 is 86.7 Å². The third-order valence-corrected chi connectivity index (χ3v) is 13.5. The van der Waals surface area contributed by atoms with Crippen molar-refractivity contribution in [3.63, 3.8) is 0 Å². The average molecular weight is 795 g/mol. The minimum Gasteiger partial charge on any atom is -0.309 e. The summed E-state index contributed by atoms with van der Waals surface area (Å²) in [5.74, 6) is 0.661. The standard InChI is InChI=1S/C56H34N4S/c1-4-16-37(17-5-1)51-34-47-55(61-51)53(38-18-6-2-7-19-38)58-56(57-47)60-49-30-27-40(33-46(49)52-42-22-12-10-14-35(42)25-31-50(52)60)39-26-29-48-45(32-39)44-28-24-36-15-11-13-23-43(36)54(44)59(48)41-20-8-3-9-21-41/h1-34H. The van der Waals surface area contributed by atoms with Crippen LogP contribution >= 0.6 is 11.3 Å². The van der Waals surface area contributed by atoms with Gasteiger partial charge in [-0.2, -0.15) is 0 Å². The second-order valence-corrected chi connectivity index (χ2v) is 16.8. The lowest BCUT2D eigenvalue weighted by molar-refractivity contribution is 1.02. The summed E-state index contributed by atoms with van der Waals surface area (Å²) in [5, 5.41) is 9.74. The Kier molecular flexibility index (Phi) is 7.44. The molecule has 0 amide bonds. The van der Waals surface area contributed by atoms with E-state index in [1.165, 1.54) is 70.1 Å². The van der Waals surface area contributed by atoms with Crippen molar-refractivity contribution in [2.45, 2.75) is 0 Å². The summed E-state index contributed by atoms with van der Waals surface area (Å²) in [6, 6.07) is 74.4. The molecule has 61 heavy (non-hydrogen) atoms. The van der Waals surface area contributed by atoms with Gasteiger partial charge in [0.15, 0.2) is 0 Å². The smallest absolute Gasteiger partial charge is 0.235 e. The van der Waals surface area contributed by atoms with Gasteiger partial charge in [0.2, 0.25) is 5.95 Å².